The normalized spacial score (nSPS) is 17.9. The molecule has 0 saturated carbocycles. The van der Waals surface area contributed by atoms with Crippen molar-refractivity contribution < 1.29 is 8.42 Å². The maximum Gasteiger partial charge on any atom is 0.243 e. The van der Waals surface area contributed by atoms with E-state index in [1.807, 2.05) is 6.26 Å². The van der Waals surface area contributed by atoms with E-state index in [0.29, 0.717) is 18.0 Å². The molecule has 1 aromatic rings. The third-order valence-electron chi connectivity index (χ3n) is 3.10. The predicted octanol–water partition coefficient (Wildman–Crippen LogP) is 2.87. The van der Waals surface area contributed by atoms with Gasteiger partial charge in [-0.2, -0.15) is 4.31 Å². The lowest BCUT2D eigenvalue weighted by molar-refractivity contribution is 0.346. The lowest BCUT2D eigenvalue weighted by atomic mass is 10.2. The molecule has 0 unspecified atom stereocenters. The van der Waals surface area contributed by atoms with Gasteiger partial charge in [-0.25, -0.2) is 8.42 Å². The van der Waals surface area contributed by atoms with Crippen LogP contribution in [0, 0.1) is 0 Å². The molecule has 1 saturated heterocycles. The molecule has 1 aliphatic heterocycles. The molecule has 0 bridgehead atoms. The number of thiol groups is 1. The number of piperidine rings is 1. The second-order valence-electron chi connectivity index (χ2n) is 4.30. The fraction of sp³-hybridized carbons (Fsp3) is 0.500. The van der Waals surface area contributed by atoms with Gasteiger partial charge in [0.05, 0.1) is 4.90 Å². The fourth-order valence-corrected chi connectivity index (χ4v) is 4.63. The molecule has 1 aliphatic rings. The quantitative estimate of drug-likeness (QED) is 0.689. The van der Waals surface area contributed by atoms with E-state index in [-0.39, 0.29) is 0 Å². The zero-order chi connectivity index (χ0) is 13.2. The van der Waals surface area contributed by atoms with Crippen LogP contribution in [-0.4, -0.2) is 32.1 Å². The molecule has 0 aliphatic carbocycles. The van der Waals surface area contributed by atoms with Crippen molar-refractivity contribution in [1.82, 2.24) is 4.31 Å². The van der Waals surface area contributed by atoms with Crippen LogP contribution in [0.5, 0.6) is 0 Å². The molecule has 3 nitrogen and oxygen atoms in total. The summed E-state index contributed by atoms with van der Waals surface area (Å²) >= 11 is 5.83. The van der Waals surface area contributed by atoms with Crippen molar-refractivity contribution in [3.8, 4) is 0 Å². The van der Waals surface area contributed by atoms with Crippen LogP contribution in [0.25, 0.3) is 0 Å². The highest BCUT2D eigenvalue weighted by atomic mass is 32.2. The summed E-state index contributed by atoms with van der Waals surface area (Å²) in [4.78, 5) is 2.10. The van der Waals surface area contributed by atoms with E-state index in [2.05, 4.69) is 12.6 Å². The van der Waals surface area contributed by atoms with Crippen molar-refractivity contribution in [3.63, 3.8) is 0 Å². The number of rotatable bonds is 3. The van der Waals surface area contributed by atoms with E-state index in [9.17, 15) is 8.42 Å². The summed E-state index contributed by atoms with van der Waals surface area (Å²) in [6, 6.07) is 5.12. The molecule has 0 aromatic heterocycles. The number of sulfonamides is 1. The van der Waals surface area contributed by atoms with Gasteiger partial charge in [0.1, 0.15) is 0 Å². The van der Waals surface area contributed by atoms with Gasteiger partial charge in [-0.05, 0) is 37.3 Å². The second-order valence-corrected chi connectivity index (χ2v) is 7.57. The van der Waals surface area contributed by atoms with Gasteiger partial charge in [-0.15, -0.1) is 24.4 Å². The molecule has 18 heavy (non-hydrogen) atoms. The van der Waals surface area contributed by atoms with Crippen LogP contribution in [0.1, 0.15) is 19.3 Å². The molecule has 0 spiro atoms. The summed E-state index contributed by atoms with van der Waals surface area (Å²) in [5.74, 6) is 0. The van der Waals surface area contributed by atoms with E-state index in [1.165, 1.54) is 11.8 Å². The van der Waals surface area contributed by atoms with Crippen molar-refractivity contribution >= 4 is 34.4 Å². The van der Waals surface area contributed by atoms with Gasteiger partial charge >= 0.3 is 0 Å². The number of nitrogens with zero attached hydrogens (tertiary/aromatic N) is 1. The SMILES string of the molecule is CSc1cc(S(=O)(=O)N2CCCCC2)ccc1S. The van der Waals surface area contributed by atoms with Gasteiger partial charge in [0.2, 0.25) is 10.0 Å². The van der Waals surface area contributed by atoms with E-state index in [0.717, 1.165) is 29.1 Å². The zero-order valence-corrected chi connectivity index (χ0v) is 12.8. The van der Waals surface area contributed by atoms with Crippen LogP contribution in [0.4, 0.5) is 0 Å². The highest BCUT2D eigenvalue weighted by molar-refractivity contribution is 7.99. The number of thioether (sulfide) groups is 1. The molecule has 1 fully saturated rings. The summed E-state index contributed by atoms with van der Waals surface area (Å²) in [7, 11) is -3.33. The molecule has 0 N–H and O–H groups in total. The van der Waals surface area contributed by atoms with Crippen LogP contribution in [0.15, 0.2) is 32.9 Å². The highest BCUT2D eigenvalue weighted by Gasteiger charge is 2.26. The van der Waals surface area contributed by atoms with Crippen molar-refractivity contribution in [2.45, 2.75) is 33.9 Å². The van der Waals surface area contributed by atoms with E-state index < -0.39 is 10.0 Å². The Morgan fingerprint density at radius 2 is 1.89 bits per heavy atom. The maximum absolute atomic E-state index is 12.5. The molecule has 0 atom stereocenters. The van der Waals surface area contributed by atoms with Gasteiger partial charge < -0.3 is 0 Å². The molecular formula is C12H17NO2S3. The second kappa shape index (κ2) is 5.86. The number of hydrogen-bond donors (Lipinski definition) is 1. The summed E-state index contributed by atoms with van der Waals surface area (Å²) < 4.78 is 26.5. The Kier molecular flexibility index (Phi) is 4.64. The lowest BCUT2D eigenvalue weighted by Gasteiger charge is -2.26. The van der Waals surface area contributed by atoms with Crippen molar-refractivity contribution in [1.29, 1.82) is 0 Å². The Morgan fingerprint density at radius 3 is 2.50 bits per heavy atom. The molecule has 2 rings (SSSR count). The van der Waals surface area contributed by atoms with E-state index in [1.54, 1.807) is 22.5 Å². The van der Waals surface area contributed by atoms with Crippen LogP contribution in [0.2, 0.25) is 0 Å². The van der Waals surface area contributed by atoms with Crippen molar-refractivity contribution in [2.24, 2.45) is 0 Å². The number of hydrogen-bond acceptors (Lipinski definition) is 4. The first-order valence-electron chi connectivity index (χ1n) is 5.93. The molecule has 0 amide bonds. The third-order valence-corrected chi connectivity index (χ3v) is 6.32. The minimum Gasteiger partial charge on any atom is -0.207 e. The molecule has 1 aromatic carbocycles. The first kappa shape index (κ1) is 14.2. The smallest absolute Gasteiger partial charge is 0.207 e. The lowest BCUT2D eigenvalue weighted by Crippen LogP contribution is -2.35. The average Bonchev–Trinajstić information content (AvgIpc) is 2.40. The Labute approximate surface area is 118 Å². The Hall–Kier alpha value is -0.170. The minimum absolute atomic E-state index is 0.381. The Morgan fingerprint density at radius 1 is 1.22 bits per heavy atom. The summed E-state index contributed by atoms with van der Waals surface area (Å²) in [6.45, 7) is 1.28. The van der Waals surface area contributed by atoms with Gasteiger partial charge in [0.25, 0.3) is 0 Å². The van der Waals surface area contributed by atoms with Crippen LogP contribution in [-0.2, 0) is 10.0 Å². The largest absolute Gasteiger partial charge is 0.243 e. The van der Waals surface area contributed by atoms with Crippen LogP contribution >= 0.6 is 24.4 Å². The Balaban J connectivity index is 2.34. The van der Waals surface area contributed by atoms with Gasteiger partial charge in [-0.3, -0.25) is 0 Å². The molecule has 6 heteroatoms. The first-order chi connectivity index (χ1) is 8.55. The number of benzene rings is 1. The van der Waals surface area contributed by atoms with Crippen molar-refractivity contribution in [3.05, 3.63) is 18.2 Å². The highest BCUT2D eigenvalue weighted by Crippen LogP contribution is 2.28. The zero-order valence-electron chi connectivity index (χ0n) is 10.3. The molecular weight excluding hydrogens is 286 g/mol. The van der Waals surface area contributed by atoms with Gasteiger partial charge in [0.15, 0.2) is 0 Å². The summed E-state index contributed by atoms with van der Waals surface area (Å²) in [6.07, 6.45) is 4.96. The average molecular weight is 303 g/mol. The van der Waals surface area contributed by atoms with Crippen LogP contribution in [0.3, 0.4) is 0 Å². The summed E-state index contributed by atoms with van der Waals surface area (Å²) in [5.41, 5.74) is 0. The maximum atomic E-state index is 12.5. The third kappa shape index (κ3) is 2.87. The predicted molar refractivity (Wildman–Crippen MR) is 78.1 cm³/mol. The molecule has 100 valence electrons. The fourth-order valence-electron chi connectivity index (χ4n) is 2.07. The molecule has 1 heterocycles. The van der Waals surface area contributed by atoms with Crippen molar-refractivity contribution in [2.75, 3.05) is 19.3 Å². The minimum atomic E-state index is -3.33. The summed E-state index contributed by atoms with van der Waals surface area (Å²) in [5, 5.41) is 0. The Bertz CT molecular complexity index is 522. The van der Waals surface area contributed by atoms with Gasteiger partial charge in [-0.1, -0.05) is 6.42 Å². The van der Waals surface area contributed by atoms with E-state index in [4.69, 9.17) is 0 Å². The monoisotopic (exact) mass is 303 g/mol. The first-order valence-corrected chi connectivity index (χ1v) is 9.04. The van der Waals surface area contributed by atoms with Gasteiger partial charge in [0, 0.05) is 22.9 Å². The van der Waals surface area contributed by atoms with Crippen LogP contribution < -0.4 is 0 Å². The standard InChI is InChI=1S/C12H17NO2S3/c1-17-12-9-10(5-6-11(12)16)18(14,15)13-7-3-2-4-8-13/h5-6,9,16H,2-4,7-8H2,1H3. The van der Waals surface area contributed by atoms with E-state index >= 15 is 0 Å². The topological polar surface area (TPSA) is 37.4 Å². The molecule has 0 radical (unpaired) electrons.